The van der Waals surface area contributed by atoms with Gasteiger partial charge in [-0.2, -0.15) is 0 Å². The van der Waals surface area contributed by atoms with E-state index in [-0.39, 0.29) is 31.6 Å². The Bertz CT molecular complexity index is 1090. The van der Waals surface area contributed by atoms with Gasteiger partial charge in [0, 0.05) is 23.5 Å². The number of benzene rings is 1. The molecule has 0 spiro atoms. The maximum atomic E-state index is 13.4. The quantitative estimate of drug-likeness (QED) is 0.138. The summed E-state index contributed by atoms with van der Waals surface area (Å²) >= 11 is 0. The van der Waals surface area contributed by atoms with Crippen molar-refractivity contribution in [3.05, 3.63) is 63.5 Å². The number of nitrogens with one attached hydrogen (secondary N) is 2. The Kier molecular flexibility index (Phi) is 15.2. The second-order valence-corrected chi connectivity index (χ2v) is 8.96. The van der Waals surface area contributed by atoms with Crippen molar-refractivity contribution in [3.8, 4) is 0 Å². The number of likely N-dealkylation sites (N-methyl/N-ethyl adjacent to an activating group) is 1. The zero-order valence-electron chi connectivity index (χ0n) is 24.0. The fourth-order valence-electron chi connectivity index (χ4n) is 4.46. The summed E-state index contributed by atoms with van der Waals surface area (Å²) in [5, 5.41) is 6.31. The molecule has 0 aromatic heterocycles. The Labute approximate surface area is 238 Å². The zero-order chi connectivity index (χ0) is 28.1. The lowest BCUT2D eigenvalue weighted by atomic mass is 9.78. The average molecular weight is 563 g/mol. The zero-order valence-corrected chi connectivity index (χ0v) is 24.8. The highest BCUT2D eigenvalue weighted by molar-refractivity contribution is 6.01. The molecule has 0 aliphatic carbocycles. The fourth-order valence-corrected chi connectivity index (χ4v) is 4.46. The predicted molar refractivity (Wildman–Crippen MR) is 155 cm³/mol. The van der Waals surface area contributed by atoms with Crippen LogP contribution in [0, 0.1) is 0 Å². The standard InChI is InChI=1S/C30H42N2O6.ClH/c1-7-11-14-17-38-28(33)21(8-2)18-22-15-12-13-16-23(22)26-25(29(34)36-9-3)20(5)32-24(19-31-6)27(26)30(35)37-10-4;/h12-13,15-16,18,26,31-32H,7-11,14,17,19H2,1-6H3;1H/b21-18+;. The topological polar surface area (TPSA) is 103 Å². The molecule has 1 aromatic carbocycles. The van der Waals surface area contributed by atoms with Gasteiger partial charge >= 0.3 is 17.9 Å². The summed E-state index contributed by atoms with van der Waals surface area (Å²) in [6.07, 6.45) is 5.12. The smallest absolute Gasteiger partial charge is 0.336 e. The Morgan fingerprint density at radius 1 is 0.949 bits per heavy atom. The molecular formula is C30H43ClN2O6. The van der Waals surface area contributed by atoms with Crippen molar-refractivity contribution in [2.75, 3.05) is 33.4 Å². The Balaban J connectivity index is 0.00000760. The molecule has 1 atom stereocenters. The molecule has 0 bridgehead atoms. The van der Waals surface area contributed by atoms with Gasteiger partial charge in [0.2, 0.25) is 0 Å². The molecule has 0 saturated heterocycles. The van der Waals surface area contributed by atoms with Crippen LogP contribution in [0.15, 0.2) is 52.4 Å². The maximum Gasteiger partial charge on any atom is 0.336 e. The van der Waals surface area contributed by atoms with E-state index in [0.717, 1.165) is 19.3 Å². The van der Waals surface area contributed by atoms with Crippen LogP contribution in [-0.2, 0) is 28.6 Å². The van der Waals surface area contributed by atoms with Gasteiger partial charge in [-0.1, -0.05) is 51.0 Å². The highest BCUT2D eigenvalue weighted by Gasteiger charge is 2.39. The maximum absolute atomic E-state index is 13.4. The van der Waals surface area contributed by atoms with E-state index in [1.165, 1.54) is 0 Å². The average Bonchev–Trinajstić information content (AvgIpc) is 2.89. The van der Waals surface area contributed by atoms with Gasteiger partial charge in [0.25, 0.3) is 0 Å². The lowest BCUT2D eigenvalue weighted by Gasteiger charge is -2.32. The molecule has 216 valence electrons. The van der Waals surface area contributed by atoms with Crippen LogP contribution in [0.2, 0.25) is 0 Å². The molecule has 1 aliphatic rings. The van der Waals surface area contributed by atoms with Gasteiger partial charge in [0.05, 0.1) is 36.9 Å². The molecule has 1 unspecified atom stereocenters. The number of ether oxygens (including phenoxy) is 3. The third kappa shape index (κ3) is 8.97. The van der Waals surface area contributed by atoms with Gasteiger partial charge in [-0.3, -0.25) is 0 Å². The number of rotatable bonds is 14. The molecule has 0 radical (unpaired) electrons. The molecular weight excluding hydrogens is 520 g/mol. The third-order valence-corrected chi connectivity index (χ3v) is 6.25. The minimum absolute atomic E-state index is 0. The van der Waals surface area contributed by atoms with E-state index in [1.807, 2.05) is 31.2 Å². The Hall–Kier alpha value is -3.10. The van der Waals surface area contributed by atoms with Gasteiger partial charge in [0.15, 0.2) is 0 Å². The number of esters is 3. The SMILES string of the molecule is CCCCCOC(=O)/C(=C/c1ccccc1C1C(C(=O)OCC)=C(C)NC(CNC)=C1C(=O)OCC)CC.Cl. The van der Waals surface area contributed by atoms with E-state index in [0.29, 0.717) is 58.8 Å². The van der Waals surface area contributed by atoms with E-state index in [1.54, 1.807) is 33.9 Å². The van der Waals surface area contributed by atoms with E-state index >= 15 is 0 Å². The van der Waals surface area contributed by atoms with Crippen molar-refractivity contribution in [2.24, 2.45) is 0 Å². The van der Waals surface area contributed by atoms with Crippen LogP contribution in [0.25, 0.3) is 6.08 Å². The number of allylic oxidation sites excluding steroid dienone is 1. The van der Waals surface area contributed by atoms with Gasteiger partial charge < -0.3 is 24.8 Å². The summed E-state index contributed by atoms with van der Waals surface area (Å²) < 4.78 is 16.4. The van der Waals surface area contributed by atoms with Crippen molar-refractivity contribution in [3.63, 3.8) is 0 Å². The number of carbonyl (C=O) groups is 3. The second kappa shape index (κ2) is 17.5. The van der Waals surface area contributed by atoms with Gasteiger partial charge in [-0.15, -0.1) is 12.4 Å². The van der Waals surface area contributed by atoms with Crippen LogP contribution in [0.4, 0.5) is 0 Å². The number of halogens is 1. The van der Waals surface area contributed by atoms with Gasteiger partial charge in [-0.25, -0.2) is 14.4 Å². The van der Waals surface area contributed by atoms with E-state index in [2.05, 4.69) is 17.6 Å². The van der Waals surface area contributed by atoms with Crippen LogP contribution in [0.5, 0.6) is 0 Å². The molecule has 0 saturated carbocycles. The van der Waals surface area contributed by atoms with Crippen LogP contribution < -0.4 is 10.6 Å². The summed E-state index contributed by atoms with van der Waals surface area (Å²) in [6, 6.07) is 7.45. The summed E-state index contributed by atoms with van der Waals surface area (Å²) in [6.45, 7) is 10.4. The van der Waals surface area contributed by atoms with E-state index < -0.39 is 17.9 Å². The van der Waals surface area contributed by atoms with Crippen LogP contribution in [0.3, 0.4) is 0 Å². The van der Waals surface area contributed by atoms with Gasteiger partial charge in [-0.05, 0) is 57.9 Å². The minimum Gasteiger partial charge on any atom is -0.463 e. The number of dihydropyridines is 1. The highest BCUT2D eigenvalue weighted by Crippen LogP contribution is 2.41. The lowest BCUT2D eigenvalue weighted by molar-refractivity contribution is -0.140. The first kappa shape index (κ1) is 33.9. The molecule has 2 N–H and O–H groups in total. The van der Waals surface area contributed by atoms with E-state index in [9.17, 15) is 14.4 Å². The molecule has 39 heavy (non-hydrogen) atoms. The summed E-state index contributed by atoms with van der Waals surface area (Å²) in [5.74, 6) is -2.16. The monoisotopic (exact) mass is 562 g/mol. The molecule has 9 heteroatoms. The number of carbonyl (C=O) groups excluding carboxylic acids is 3. The molecule has 2 rings (SSSR count). The first-order chi connectivity index (χ1) is 18.3. The van der Waals surface area contributed by atoms with Crippen molar-refractivity contribution >= 4 is 36.4 Å². The molecule has 0 fully saturated rings. The van der Waals surface area contributed by atoms with Crippen LogP contribution in [-0.4, -0.2) is 51.3 Å². The van der Waals surface area contributed by atoms with Crippen LogP contribution >= 0.6 is 12.4 Å². The molecule has 8 nitrogen and oxygen atoms in total. The second-order valence-electron chi connectivity index (χ2n) is 8.96. The van der Waals surface area contributed by atoms with Crippen molar-refractivity contribution in [1.29, 1.82) is 0 Å². The summed E-state index contributed by atoms with van der Waals surface area (Å²) in [5.41, 5.74) is 3.78. The van der Waals surface area contributed by atoms with Crippen molar-refractivity contribution < 1.29 is 28.6 Å². The number of unbranched alkanes of at least 4 members (excludes halogenated alkanes) is 2. The first-order valence-corrected chi connectivity index (χ1v) is 13.5. The van der Waals surface area contributed by atoms with E-state index in [4.69, 9.17) is 14.2 Å². The first-order valence-electron chi connectivity index (χ1n) is 13.5. The lowest BCUT2D eigenvalue weighted by Crippen LogP contribution is -2.36. The molecule has 1 heterocycles. The number of hydrogen-bond donors (Lipinski definition) is 2. The van der Waals surface area contributed by atoms with Crippen LogP contribution in [0.1, 0.15) is 77.3 Å². The largest absolute Gasteiger partial charge is 0.463 e. The molecule has 0 amide bonds. The van der Waals surface area contributed by atoms with Gasteiger partial charge in [0.1, 0.15) is 0 Å². The summed E-state index contributed by atoms with van der Waals surface area (Å²) in [4.78, 5) is 39.5. The summed E-state index contributed by atoms with van der Waals surface area (Å²) in [7, 11) is 1.78. The normalized spacial score (nSPS) is 15.3. The molecule has 1 aromatic rings. The Morgan fingerprint density at radius 3 is 2.18 bits per heavy atom. The fraction of sp³-hybridized carbons (Fsp3) is 0.500. The molecule has 1 aliphatic heterocycles. The minimum atomic E-state index is -0.760. The number of hydrogen-bond acceptors (Lipinski definition) is 8. The third-order valence-electron chi connectivity index (χ3n) is 6.25. The van der Waals surface area contributed by atoms with Crippen molar-refractivity contribution in [2.45, 2.75) is 66.2 Å². The Morgan fingerprint density at radius 2 is 1.59 bits per heavy atom. The van der Waals surface area contributed by atoms with Crippen molar-refractivity contribution in [1.82, 2.24) is 10.6 Å². The predicted octanol–water partition coefficient (Wildman–Crippen LogP) is 5.20. The highest BCUT2D eigenvalue weighted by atomic mass is 35.5.